The molecule has 0 aliphatic rings. The topological polar surface area (TPSA) is 134 Å². The number of benzene rings is 3. The smallest absolute Gasteiger partial charge is 0.354 e. The standard InChI is InChI=1S/C25H18N4O4S/c26-21(34)15-6-8-16(9-7-15)23(30)29-22-19(11-12-20(27-22)25(32)33)28-24(31)18-10-5-14-3-1-2-4-17(14)13-18/h1-13H,(H2,26,34)(H,28,31)(H,32,33)(H,27,29,30). The molecule has 1 heterocycles. The minimum Gasteiger partial charge on any atom is -0.477 e. The summed E-state index contributed by atoms with van der Waals surface area (Å²) >= 11 is 4.91. The van der Waals surface area contributed by atoms with Gasteiger partial charge in [0.1, 0.15) is 4.99 Å². The van der Waals surface area contributed by atoms with Crippen LogP contribution in [0.1, 0.15) is 36.8 Å². The molecule has 0 atom stereocenters. The minimum atomic E-state index is -1.27. The number of rotatable bonds is 6. The first-order chi connectivity index (χ1) is 16.3. The largest absolute Gasteiger partial charge is 0.477 e. The van der Waals surface area contributed by atoms with Gasteiger partial charge in [0.2, 0.25) is 0 Å². The summed E-state index contributed by atoms with van der Waals surface area (Å²) in [6, 6.07) is 21.7. The van der Waals surface area contributed by atoms with Gasteiger partial charge in [-0.25, -0.2) is 9.78 Å². The number of hydrogen-bond donors (Lipinski definition) is 4. The molecule has 1 aromatic heterocycles. The number of aromatic nitrogens is 1. The number of pyridine rings is 1. The number of aromatic carboxylic acids is 1. The molecule has 2 amide bonds. The molecule has 0 aliphatic carbocycles. The fourth-order valence-electron chi connectivity index (χ4n) is 3.27. The molecule has 0 saturated heterocycles. The van der Waals surface area contributed by atoms with Crippen molar-refractivity contribution in [2.45, 2.75) is 0 Å². The van der Waals surface area contributed by atoms with Crippen molar-refractivity contribution in [3.63, 3.8) is 0 Å². The normalized spacial score (nSPS) is 10.5. The highest BCUT2D eigenvalue weighted by Gasteiger charge is 2.17. The second kappa shape index (κ2) is 9.47. The van der Waals surface area contributed by atoms with Gasteiger partial charge in [-0.15, -0.1) is 0 Å². The monoisotopic (exact) mass is 470 g/mol. The molecule has 0 fully saturated rings. The summed E-state index contributed by atoms with van der Waals surface area (Å²) in [5.41, 5.74) is 6.70. The van der Waals surface area contributed by atoms with E-state index in [9.17, 15) is 19.5 Å². The fraction of sp³-hybridized carbons (Fsp3) is 0. The number of carboxylic acid groups (broad SMARTS) is 1. The molecule has 4 rings (SSSR count). The molecule has 0 spiro atoms. The van der Waals surface area contributed by atoms with Crippen LogP contribution in [-0.4, -0.2) is 32.9 Å². The molecular formula is C25H18N4O4S. The minimum absolute atomic E-state index is 0.0996. The number of carboxylic acids is 1. The maximum atomic E-state index is 12.9. The number of carbonyl (C=O) groups is 3. The number of anilines is 2. The highest BCUT2D eigenvalue weighted by Crippen LogP contribution is 2.23. The van der Waals surface area contributed by atoms with Crippen LogP contribution >= 0.6 is 12.2 Å². The van der Waals surface area contributed by atoms with Crippen LogP contribution in [0, 0.1) is 0 Å². The van der Waals surface area contributed by atoms with Crippen LogP contribution in [0.15, 0.2) is 78.9 Å². The van der Waals surface area contributed by atoms with Gasteiger partial charge in [-0.3, -0.25) is 9.59 Å². The number of fused-ring (bicyclic) bond motifs is 1. The number of nitrogens with one attached hydrogen (secondary N) is 2. The second-order valence-electron chi connectivity index (χ2n) is 7.31. The lowest BCUT2D eigenvalue weighted by molar-refractivity contribution is 0.0690. The van der Waals surface area contributed by atoms with E-state index in [1.807, 2.05) is 30.3 Å². The van der Waals surface area contributed by atoms with Crippen molar-refractivity contribution in [1.82, 2.24) is 4.98 Å². The lowest BCUT2D eigenvalue weighted by atomic mass is 10.1. The number of carbonyl (C=O) groups excluding carboxylic acids is 2. The summed E-state index contributed by atoms with van der Waals surface area (Å²) < 4.78 is 0. The Morgan fingerprint density at radius 1 is 0.765 bits per heavy atom. The number of nitrogens with zero attached hydrogens (tertiary/aromatic N) is 1. The Kier molecular flexibility index (Phi) is 6.28. The van der Waals surface area contributed by atoms with E-state index in [0.29, 0.717) is 11.1 Å². The molecule has 0 bridgehead atoms. The molecule has 3 aromatic carbocycles. The Balaban J connectivity index is 1.61. The molecule has 0 radical (unpaired) electrons. The molecule has 0 aliphatic heterocycles. The van der Waals surface area contributed by atoms with Gasteiger partial charge in [-0.05, 0) is 47.2 Å². The van der Waals surface area contributed by atoms with Crippen molar-refractivity contribution in [3.05, 3.63) is 101 Å². The predicted octanol–water partition coefficient (Wildman–Crippen LogP) is 4.07. The van der Waals surface area contributed by atoms with E-state index in [0.717, 1.165) is 10.8 Å². The van der Waals surface area contributed by atoms with Crippen molar-refractivity contribution in [1.29, 1.82) is 0 Å². The Morgan fingerprint density at radius 3 is 2.06 bits per heavy atom. The SMILES string of the molecule is NC(=S)c1ccc(C(=O)Nc2nc(C(=O)O)ccc2NC(=O)c2ccc3ccccc3c2)cc1. The van der Waals surface area contributed by atoms with Crippen molar-refractivity contribution in [2.24, 2.45) is 5.73 Å². The van der Waals surface area contributed by atoms with Gasteiger partial charge < -0.3 is 21.5 Å². The second-order valence-corrected chi connectivity index (χ2v) is 7.75. The number of hydrogen-bond acceptors (Lipinski definition) is 5. The van der Waals surface area contributed by atoms with Gasteiger partial charge >= 0.3 is 5.97 Å². The zero-order valence-corrected chi connectivity index (χ0v) is 18.4. The van der Waals surface area contributed by atoms with Crippen molar-refractivity contribution in [2.75, 3.05) is 10.6 Å². The van der Waals surface area contributed by atoms with Crippen LogP contribution < -0.4 is 16.4 Å². The van der Waals surface area contributed by atoms with E-state index in [-0.39, 0.29) is 27.8 Å². The Labute approximate surface area is 199 Å². The molecule has 5 N–H and O–H groups in total. The van der Waals surface area contributed by atoms with E-state index in [4.69, 9.17) is 18.0 Å². The van der Waals surface area contributed by atoms with Crippen LogP contribution in [0.25, 0.3) is 10.8 Å². The summed E-state index contributed by atoms with van der Waals surface area (Å²) in [5, 5.41) is 16.4. The maximum absolute atomic E-state index is 12.9. The molecule has 0 saturated carbocycles. The summed E-state index contributed by atoms with van der Waals surface area (Å²) in [4.78, 5) is 41.2. The Hall–Kier alpha value is -4.63. The Morgan fingerprint density at radius 2 is 1.38 bits per heavy atom. The van der Waals surface area contributed by atoms with E-state index >= 15 is 0 Å². The molecule has 8 nitrogen and oxygen atoms in total. The van der Waals surface area contributed by atoms with Crippen LogP contribution in [0.3, 0.4) is 0 Å². The average Bonchev–Trinajstić information content (AvgIpc) is 2.84. The first-order valence-corrected chi connectivity index (χ1v) is 10.5. The number of amides is 2. The lowest BCUT2D eigenvalue weighted by Gasteiger charge is -2.13. The van der Waals surface area contributed by atoms with E-state index in [2.05, 4.69) is 15.6 Å². The third-order valence-electron chi connectivity index (χ3n) is 5.04. The van der Waals surface area contributed by atoms with Crippen LogP contribution in [0.4, 0.5) is 11.5 Å². The zero-order chi connectivity index (χ0) is 24.2. The van der Waals surface area contributed by atoms with Gasteiger partial charge in [-0.1, -0.05) is 54.7 Å². The van der Waals surface area contributed by atoms with Gasteiger partial charge in [0.05, 0.1) is 5.69 Å². The Bertz CT molecular complexity index is 1450. The van der Waals surface area contributed by atoms with Gasteiger partial charge in [0.15, 0.2) is 11.5 Å². The predicted molar refractivity (Wildman–Crippen MR) is 133 cm³/mol. The van der Waals surface area contributed by atoms with Crippen molar-refractivity contribution in [3.8, 4) is 0 Å². The highest BCUT2D eigenvalue weighted by atomic mass is 32.1. The summed E-state index contributed by atoms with van der Waals surface area (Å²) in [7, 11) is 0. The van der Waals surface area contributed by atoms with Crippen LogP contribution in [-0.2, 0) is 0 Å². The van der Waals surface area contributed by atoms with Crippen LogP contribution in [0.5, 0.6) is 0 Å². The number of thiocarbonyl (C=S) groups is 1. The first kappa shape index (κ1) is 22.6. The quantitative estimate of drug-likeness (QED) is 0.312. The van der Waals surface area contributed by atoms with Crippen molar-refractivity contribution >= 4 is 57.3 Å². The average molecular weight is 471 g/mol. The summed E-state index contributed by atoms with van der Waals surface area (Å²) in [6.07, 6.45) is 0. The maximum Gasteiger partial charge on any atom is 0.354 e. The third-order valence-corrected chi connectivity index (χ3v) is 5.27. The van der Waals surface area contributed by atoms with Gasteiger partial charge in [-0.2, -0.15) is 0 Å². The van der Waals surface area contributed by atoms with Gasteiger partial charge in [0, 0.05) is 16.7 Å². The van der Waals surface area contributed by atoms with Crippen LogP contribution in [0.2, 0.25) is 0 Å². The zero-order valence-electron chi connectivity index (χ0n) is 17.6. The van der Waals surface area contributed by atoms with Crippen molar-refractivity contribution < 1.29 is 19.5 Å². The molecule has 0 unspecified atom stereocenters. The van der Waals surface area contributed by atoms with Gasteiger partial charge in [0.25, 0.3) is 11.8 Å². The molecule has 34 heavy (non-hydrogen) atoms. The fourth-order valence-corrected chi connectivity index (χ4v) is 3.40. The molecular weight excluding hydrogens is 452 g/mol. The van der Waals surface area contributed by atoms with E-state index in [1.165, 1.54) is 24.3 Å². The lowest BCUT2D eigenvalue weighted by Crippen LogP contribution is -2.19. The summed E-state index contributed by atoms with van der Waals surface area (Å²) in [5.74, 6) is -2.36. The summed E-state index contributed by atoms with van der Waals surface area (Å²) in [6.45, 7) is 0. The molecule has 9 heteroatoms. The van der Waals surface area contributed by atoms with E-state index in [1.54, 1.807) is 24.3 Å². The van der Waals surface area contributed by atoms with E-state index < -0.39 is 17.8 Å². The number of nitrogens with two attached hydrogens (primary N) is 1. The third kappa shape index (κ3) is 4.89. The first-order valence-electron chi connectivity index (χ1n) is 10.1. The molecule has 4 aromatic rings. The molecule has 168 valence electrons. The highest BCUT2D eigenvalue weighted by molar-refractivity contribution is 7.80.